The van der Waals surface area contributed by atoms with E-state index in [1.54, 1.807) is 17.3 Å². The summed E-state index contributed by atoms with van der Waals surface area (Å²) < 4.78 is 0. The van der Waals surface area contributed by atoms with Crippen LogP contribution in [0.4, 0.5) is 10.5 Å². The number of hydrogen-bond acceptors (Lipinski definition) is 4. The van der Waals surface area contributed by atoms with Gasteiger partial charge in [-0.2, -0.15) is 0 Å². The molecule has 0 aliphatic carbocycles. The SMILES string of the molecule is O=C(O)CNC(=O)N1CCN(c2ccncc2)CC1. The summed E-state index contributed by atoms with van der Waals surface area (Å²) in [5.41, 5.74) is 1.08. The van der Waals surface area contributed by atoms with E-state index in [1.165, 1.54) is 0 Å². The van der Waals surface area contributed by atoms with Gasteiger partial charge in [-0.25, -0.2) is 4.79 Å². The number of carbonyl (C=O) groups excluding carboxylic acids is 1. The lowest BCUT2D eigenvalue weighted by Crippen LogP contribution is -2.52. The molecule has 0 spiro atoms. The van der Waals surface area contributed by atoms with Crippen molar-refractivity contribution < 1.29 is 14.7 Å². The summed E-state index contributed by atoms with van der Waals surface area (Å²) in [7, 11) is 0. The minimum Gasteiger partial charge on any atom is -0.480 e. The van der Waals surface area contributed by atoms with Crippen molar-refractivity contribution in [3.05, 3.63) is 24.5 Å². The van der Waals surface area contributed by atoms with Crippen molar-refractivity contribution in [1.29, 1.82) is 0 Å². The second kappa shape index (κ2) is 6.03. The first-order valence-electron chi connectivity index (χ1n) is 6.06. The fourth-order valence-corrected chi connectivity index (χ4v) is 1.99. The van der Waals surface area contributed by atoms with Gasteiger partial charge in [0.2, 0.25) is 0 Å². The number of rotatable bonds is 3. The van der Waals surface area contributed by atoms with Crippen LogP contribution in [0.15, 0.2) is 24.5 Å². The zero-order chi connectivity index (χ0) is 13.7. The first-order valence-corrected chi connectivity index (χ1v) is 6.06. The van der Waals surface area contributed by atoms with Crippen molar-refractivity contribution in [2.45, 2.75) is 0 Å². The van der Waals surface area contributed by atoms with E-state index in [9.17, 15) is 9.59 Å². The maximum atomic E-state index is 11.7. The molecule has 0 atom stereocenters. The van der Waals surface area contributed by atoms with Crippen LogP contribution in [0.3, 0.4) is 0 Å². The molecule has 0 bridgehead atoms. The Kier molecular flexibility index (Phi) is 4.17. The highest BCUT2D eigenvalue weighted by atomic mass is 16.4. The normalized spacial score (nSPS) is 15.2. The predicted molar refractivity (Wildman–Crippen MR) is 69.1 cm³/mol. The fraction of sp³-hybridized carbons (Fsp3) is 0.417. The average molecular weight is 264 g/mol. The third-order valence-corrected chi connectivity index (χ3v) is 2.99. The van der Waals surface area contributed by atoms with E-state index >= 15 is 0 Å². The maximum absolute atomic E-state index is 11.7. The fourth-order valence-electron chi connectivity index (χ4n) is 1.99. The minimum atomic E-state index is -1.04. The number of aliphatic carboxylic acids is 1. The Morgan fingerprint density at radius 1 is 1.21 bits per heavy atom. The lowest BCUT2D eigenvalue weighted by atomic mass is 10.3. The molecule has 7 nitrogen and oxygen atoms in total. The molecule has 1 aliphatic rings. The standard InChI is InChI=1S/C12H16N4O3/c17-11(18)9-14-12(19)16-7-5-15(6-8-16)10-1-3-13-4-2-10/h1-4H,5-9H2,(H,14,19)(H,17,18). The quantitative estimate of drug-likeness (QED) is 0.802. The second-order valence-corrected chi connectivity index (χ2v) is 4.23. The first-order chi connectivity index (χ1) is 9.16. The summed E-state index contributed by atoms with van der Waals surface area (Å²) in [6.45, 7) is 2.26. The molecule has 2 rings (SSSR count). The number of pyridine rings is 1. The molecule has 2 heterocycles. The summed E-state index contributed by atoms with van der Waals surface area (Å²) in [6.07, 6.45) is 3.47. The van der Waals surface area contributed by atoms with Gasteiger partial charge in [0.15, 0.2) is 0 Å². The lowest BCUT2D eigenvalue weighted by molar-refractivity contribution is -0.135. The lowest BCUT2D eigenvalue weighted by Gasteiger charge is -2.35. The van der Waals surface area contributed by atoms with Crippen LogP contribution in [-0.4, -0.2) is 59.7 Å². The van der Waals surface area contributed by atoms with E-state index < -0.39 is 5.97 Å². The molecular formula is C12H16N4O3. The summed E-state index contributed by atoms with van der Waals surface area (Å²) in [4.78, 5) is 29.8. The highest BCUT2D eigenvalue weighted by Crippen LogP contribution is 2.14. The van der Waals surface area contributed by atoms with Gasteiger partial charge in [0, 0.05) is 44.3 Å². The van der Waals surface area contributed by atoms with E-state index in [-0.39, 0.29) is 12.6 Å². The molecule has 1 fully saturated rings. The number of carboxylic acid groups (broad SMARTS) is 1. The van der Waals surface area contributed by atoms with E-state index in [2.05, 4.69) is 15.2 Å². The van der Waals surface area contributed by atoms with Crippen LogP contribution in [0, 0.1) is 0 Å². The molecule has 1 aromatic heterocycles. The highest BCUT2D eigenvalue weighted by molar-refractivity contribution is 5.80. The van der Waals surface area contributed by atoms with Crippen molar-refractivity contribution in [3.8, 4) is 0 Å². The molecular weight excluding hydrogens is 248 g/mol. The van der Waals surface area contributed by atoms with Gasteiger partial charge in [-0.3, -0.25) is 9.78 Å². The van der Waals surface area contributed by atoms with Crippen LogP contribution in [0.2, 0.25) is 0 Å². The van der Waals surface area contributed by atoms with E-state index in [0.717, 1.165) is 18.8 Å². The molecule has 0 saturated carbocycles. The minimum absolute atomic E-state index is 0.322. The number of carbonyl (C=O) groups is 2. The summed E-state index contributed by atoms with van der Waals surface area (Å²) >= 11 is 0. The van der Waals surface area contributed by atoms with Crippen LogP contribution in [0.1, 0.15) is 0 Å². The number of nitrogens with zero attached hydrogens (tertiary/aromatic N) is 3. The van der Waals surface area contributed by atoms with Crippen molar-refractivity contribution in [1.82, 2.24) is 15.2 Å². The second-order valence-electron chi connectivity index (χ2n) is 4.23. The first kappa shape index (κ1) is 13.1. The van der Waals surface area contributed by atoms with Gasteiger partial charge in [0.05, 0.1) is 0 Å². The topological polar surface area (TPSA) is 85.8 Å². The molecule has 1 aromatic rings. The van der Waals surface area contributed by atoms with Gasteiger partial charge in [0.25, 0.3) is 0 Å². The average Bonchev–Trinajstić information content (AvgIpc) is 2.46. The van der Waals surface area contributed by atoms with E-state index in [0.29, 0.717) is 13.1 Å². The summed E-state index contributed by atoms with van der Waals surface area (Å²) in [5.74, 6) is -1.04. The monoisotopic (exact) mass is 264 g/mol. The molecule has 102 valence electrons. The zero-order valence-electron chi connectivity index (χ0n) is 10.5. The van der Waals surface area contributed by atoms with Crippen molar-refractivity contribution in [3.63, 3.8) is 0 Å². The summed E-state index contributed by atoms with van der Waals surface area (Å²) in [6, 6.07) is 3.54. The third kappa shape index (κ3) is 3.57. The Morgan fingerprint density at radius 2 is 1.84 bits per heavy atom. The van der Waals surface area contributed by atoms with Gasteiger partial charge in [-0.15, -0.1) is 0 Å². The molecule has 19 heavy (non-hydrogen) atoms. The third-order valence-electron chi connectivity index (χ3n) is 2.99. The Balaban J connectivity index is 1.82. The molecule has 0 radical (unpaired) electrons. The molecule has 1 aliphatic heterocycles. The number of nitrogens with one attached hydrogen (secondary N) is 1. The predicted octanol–water partition coefficient (Wildman–Crippen LogP) is -0.00220. The number of piperazine rings is 1. The number of aromatic nitrogens is 1. The van der Waals surface area contributed by atoms with E-state index in [1.807, 2.05) is 12.1 Å². The van der Waals surface area contributed by atoms with Crippen LogP contribution in [-0.2, 0) is 4.79 Å². The van der Waals surface area contributed by atoms with Crippen LogP contribution < -0.4 is 10.2 Å². The van der Waals surface area contributed by atoms with Crippen LogP contribution in [0.25, 0.3) is 0 Å². The summed E-state index contributed by atoms with van der Waals surface area (Å²) in [5, 5.41) is 10.9. The van der Waals surface area contributed by atoms with Gasteiger partial charge < -0.3 is 20.2 Å². The molecule has 0 aromatic carbocycles. The van der Waals surface area contributed by atoms with Gasteiger partial charge >= 0.3 is 12.0 Å². The smallest absolute Gasteiger partial charge is 0.323 e. The molecule has 7 heteroatoms. The van der Waals surface area contributed by atoms with Gasteiger partial charge in [0.1, 0.15) is 6.54 Å². The van der Waals surface area contributed by atoms with Crippen LogP contribution in [0.5, 0.6) is 0 Å². The zero-order valence-corrected chi connectivity index (χ0v) is 10.5. The van der Waals surface area contributed by atoms with Gasteiger partial charge in [-0.05, 0) is 12.1 Å². The highest BCUT2D eigenvalue weighted by Gasteiger charge is 2.21. The number of anilines is 1. The maximum Gasteiger partial charge on any atom is 0.323 e. The molecule has 0 unspecified atom stereocenters. The Hall–Kier alpha value is -2.31. The molecule has 2 amide bonds. The number of amides is 2. The number of hydrogen-bond donors (Lipinski definition) is 2. The number of urea groups is 1. The van der Waals surface area contributed by atoms with Crippen molar-refractivity contribution in [2.24, 2.45) is 0 Å². The van der Waals surface area contributed by atoms with Gasteiger partial charge in [-0.1, -0.05) is 0 Å². The van der Waals surface area contributed by atoms with Crippen molar-refractivity contribution >= 4 is 17.7 Å². The number of carboxylic acids is 1. The Bertz CT molecular complexity index is 444. The molecule has 1 saturated heterocycles. The molecule has 2 N–H and O–H groups in total. The van der Waals surface area contributed by atoms with Crippen LogP contribution >= 0.6 is 0 Å². The van der Waals surface area contributed by atoms with Crippen molar-refractivity contribution in [2.75, 3.05) is 37.6 Å². The Labute approximate surface area is 110 Å². The largest absolute Gasteiger partial charge is 0.480 e. The van der Waals surface area contributed by atoms with E-state index in [4.69, 9.17) is 5.11 Å². The Morgan fingerprint density at radius 3 is 2.42 bits per heavy atom.